The summed E-state index contributed by atoms with van der Waals surface area (Å²) in [6.45, 7) is 3.93. The largest absolute Gasteiger partial charge is 0.469 e. The number of hydrogen-bond donors (Lipinski definition) is 0. The molecule has 1 unspecified atom stereocenters. The Balaban J connectivity index is 2.31. The minimum atomic E-state index is -0.195. The van der Waals surface area contributed by atoms with Crippen molar-refractivity contribution in [2.75, 3.05) is 7.11 Å². The van der Waals surface area contributed by atoms with Gasteiger partial charge in [-0.25, -0.2) is 0 Å². The SMILES string of the molecule is CCc1nnc(CSC(C)CC(=O)OC)o1. The minimum absolute atomic E-state index is 0.185. The quantitative estimate of drug-likeness (QED) is 0.711. The van der Waals surface area contributed by atoms with Crippen LogP contribution in [0.1, 0.15) is 32.0 Å². The van der Waals surface area contributed by atoms with Gasteiger partial charge in [-0.05, 0) is 0 Å². The Labute approximate surface area is 99.0 Å². The zero-order valence-electron chi connectivity index (χ0n) is 9.73. The first-order valence-electron chi connectivity index (χ1n) is 5.15. The number of hydrogen-bond acceptors (Lipinski definition) is 6. The average molecular weight is 244 g/mol. The molecule has 1 aromatic rings. The molecule has 1 heterocycles. The maximum absolute atomic E-state index is 11.0. The Morgan fingerprint density at radius 3 is 2.75 bits per heavy atom. The van der Waals surface area contributed by atoms with Crippen molar-refractivity contribution in [1.82, 2.24) is 10.2 Å². The summed E-state index contributed by atoms with van der Waals surface area (Å²) in [6.07, 6.45) is 1.14. The molecule has 90 valence electrons. The highest BCUT2D eigenvalue weighted by Gasteiger charge is 2.12. The fourth-order valence-corrected chi connectivity index (χ4v) is 1.88. The molecule has 6 heteroatoms. The van der Waals surface area contributed by atoms with Crippen LogP contribution in [0.5, 0.6) is 0 Å². The van der Waals surface area contributed by atoms with Crippen molar-refractivity contribution >= 4 is 17.7 Å². The lowest BCUT2D eigenvalue weighted by atomic mass is 10.3. The zero-order valence-corrected chi connectivity index (χ0v) is 10.5. The van der Waals surface area contributed by atoms with Gasteiger partial charge in [-0.3, -0.25) is 4.79 Å². The third-order valence-electron chi connectivity index (χ3n) is 1.98. The van der Waals surface area contributed by atoms with Gasteiger partial charge in [0, 0.05) is 11.7 Å². The number of aromatic nitrogens is 2. The number of ether oxygens (including phenoxy) is 1. The molecule has 0 saturated carbocycles. The second-order valence-electron chi connectivity index (χ2n) is 3.34. The van der Waals surface area contributed by atoms with Gasteiger partial charge in [0.2, 0.25) is 11.8 Å². The van der Waals surface area contributed by atoms with E-state index in [-0.39, 0.29) is 11.2 Å². The molecule has 1 atom stereocenters. The van der Waals surface area contributed by atoms with Gasteiger partial charge in [0.25, 0.3) is 0 Å². The van der Waals surface area contributed by atoms with Gasteiger partial charge < -0.3 is 9.15 Å². The normalized spacial score (nSPS) is 12.4. The minimum Gasteiger partial charge on any atom is -0.469 e. The van der Waals surface area contributed by atoms with E-state index in [2.05, 4.69) is 14.9 Å². The van der Waals surface area contributed by atoms with E-state index in [0.29, 0.717) is 24.0 Å². The van der Waals surface area contributed by atoms with E-state index >= 15 is 0 Å². The van der Waals surface area contributed by atoms with Crippen LogP contribution < -0.4 is 0 Å². The van der Waals surface area contributed by atoms with E-state index in [0.717, 1.165) is 6.42 Å². The molecule has 0 aliphatic rings. The molecule has 0 spiro atoms. The first-order valence-corrected chi connectivity index (χ1v) is 6.20. The van der Waals surface area contributed by atoms with Crippen molar-refractivity contribution < 1.29 is 13.9 Å². The predicted molar refractivity (Wildman–Crippen MR) is 61.1 cm³/mol. The van der Waals surface area contributed by atoms with E-state index < -0.39 is 0 Å². The van der Waals surface area contributed by atoms with Crippen LogP contribution >= 0.6 is 11.8 Å². The van der Waals surface area contributed by atoms with Gasteiger partial charge in [0.1, 0.15) is 0 Å². The second kappa shape index (κ2) is 6.52. The van der Waals surface area contributed by atoms with Crippen LogP contribution in [-0.4, -0.2) is 28.5 Å². The molecule has 0 amide bonds. The molecular weight excluding hydrogens is 228 g/mol. The molecule has 5 nitrogen and oxygen atoms in total. The number of carbonyl (C=O) groups excluding carboxylic acids is 1. The van der Waals surface area contributed by atoms with Gasteiger partial charge >= 0.3 is 5.97 Å². The molecule has 1 rings (SSSR count). The molecule has 0 bridgehead atoms. The maximum atomic E-state index is 11.0. The van der Waals surface area contributed by atoms with E-state index in [9.17, 15) is 4.79 Å². The molecule has 0 saturated heterocycles. The maximum Gasteiger partial charge on any atom is 0.306 e. The third kappa shape index (κ3) is 4.22. The van der Waals surface area contributed by atoms with Gasteiger partial charge in [0.15, 0.2) is 0 Å². The monoisotopic (exact) mass is 244 g/mol. The summed E-state index contributed by atoms with van der Waals surface area (Å²) < 4.78 is 9.95. The van der Waals surface area contributed by atoms with Crippen LogP contribution in [0.3, 0.4) is 0 Å². The molecule has 0 N–H and O–H groups in total. The Kier molecular flexibility index (Phi) is 5.31. The smallest absolute Gasteiger partial charge is 0.306 e. The Morgan fingerprint density at radius 2 is 2.19 bits per heavy atom. The van der Waals surface area contributed by atoms with Crippen LogP contribution in [0.2, 0.25) is 0 Å². The van der Waals surface area contributed by atoms with Crippen LogP contribution in [0, 0.1) is 0 Å². The lowest BCUT2D eigenvalue weighted by Gasteiger charge is -2.07. The number of rotatable bonds is 6. The Bertz CT molecular complexity index is 341. The number of nitrogens with zero attached hydrogens (tertiary/aromatic N) is 2. The topological polar surface area (TPSA) is 65.2 Å². The van der Waals surface area contributed by atoms with E-state index in [4.69, 9.17) is 4.42 Å². The third-order valence-corrected chi connectivity index (χ3v) is 3.13. The molecule has 0 radical (unpaired) electrons. The summed E-state index contributed by atoms with van der Waals surface area (Å²) in [5.41, 5.74) is 0. The van der Waals surface area contributed by atoms with Crippen molar-refractivity contribution in [3.05, 3.63) is 11.8 Å². The zero-order chi connectivity index (χ0) is 12.0. The van der Waals surface area contributed by atoms with Crippen LogP contribution in [0.25, 0.3) is 0 Å². The number of methoxy groups -OCH3 is 1. The van der Waals surface area contributed by atoms with Crippen molar-refractivity contribution in [3.8, 4) is 0 Å². The highest BCUT2D eigenvalue weighted by atomic mass is 32.2. The highest BCUT2D eigenvalue weighted by molar-refractivity contribution is 7.99. The fraction of sp³-hybridized carbons (Fsp3) is 0.700. The number of carbonyl (C=O) groups is 1. The molecule has 16 heavy (non-hydrogen) atoms. The Morgan fingerprint density at radius 1 is 1.50 bits per heavy atom. The van der Waals surface area contributed by atoms with Crippen molar-refractivity contribution in [1.29, 1.82) is 0 Å². The van der Waals surface area contributed by atoms with Crippen molar-refractivity contribution in [2.24, 2.45) is 0 Å². The average Bonchev–Trinajstić information content (AvgIpc) is 2.74. The van der Waals surface area contributed by atoms with E-state index in [1.54, 1.807) is 11.8 Å². The molecular formula is C10H16N2O3S. The molecule has 0 aliphatic heterocycles. The lowest BCUT2D eigenvalue weighted by molar-refractivity contribution is -0.140. The molecule has 1 aromatic heterocycles. The highest BCUT2D eigenvalue weighted by Crippen LogP contribution is 2.19. The molecule has 0 aliphatic carbocycles. The van der Waals surface area contributed by atoms with Crippen molar-refractivity contribution in [2.45, 2.75) is 37.7 Å². The van der Waals surface area contributed by atoms with Crippen LogP contribution in [-0.2, 0) is 21.7 Å². The molecule has 0 aromatic carbocycles. The van der Waals surface area contributed by atoms with Gasteiger partial charge in [-0.1, -0.05) is 13.8 Å². The van der Waals surface area contributed by atoms with Crippen LogP contribution in [0.4, 0.5) is 0 Å². The standard InChI is InChI=1S/C10H16N2O3S/c1-4-8-11-12-9(15-8)6-16-7(2)5-10(13)14-3/h7H,4-6H2,1-3H3. The summed E-state index contributed by atoms with van der Waals surface area (Å²) in [7, 11) is 1.39. The number of esters is 1. The predicted octanol–water partition coefficient (Wildman–Crippen LogP) is 1.82. The number of aryl methyl sites for hydroxylation is 1. The second-order valence-corrected chi connectivity index (χ2v) is 4.77. The van der Waals surface area contributed by atoms with E-state index in [1.165, 1.54) is 7.11 Å². The molecule has 0 fully saturated rings. The van der Waals surface area contributed by atoms with Gasteiger partial charge in [-0.2, -0.15) is 0 Å². The summed E-state index contributed by atoms with van der Waals surface area (Å²) in [5, 5.41) is 7.96. The summed E-state index contributed by atoms with van der Waals surface area (Å²) in [6, 6.07) is 0. The van der Waals surface area contributed by atoms with Gasteiger partial charge in [0.05, 0.1) is 19.3 Å². The number of thioether (sulfide) groups is 1. The van der Waals surface area contributed by atoms with Crippen LogP contribution in [0.15, 0.2) is 4.42 Å². The summed E-state index contributed by atoms with van der Waals surface area (Å²) in [5.74, 6) is 1.69. The first-order chi connectivity index (χ1) is 7.65. The van der Waals surface area contributed by atoms with Gasteiger partial charge in [-0.15, -0.1) is 22.0 Å². The van der Waals surface area contributed by atoms with Crippen molar-refractivity contribution in [3.63, 3.8) is 0 Å². The fourth-order valence-electron chi connectivity index (χ4n) is 1.08. The Hall–Kier alpha value is -1.04. The summed E-state index contributed by atoms with van der Waals surface area (Å²) >= 11 is 1.60. The van der Waals surface area contributed by atoms with E-state index in [1.807, 2.05) is 13.8 Å². The summed E-state index contributed by atoms with van der Waals surface area (Å²) in [4.78, 5) is 11.0. The first kappa shape index (κ1) is 13.0. The lowest BCUT2D eigenvalue weighted by Crippen LogP contribution is -2.08.